The molecule has 0 aliphatic heterocycles. The van der Waals surface area contributed by atoms with Crippen LogP contribution in [0.25, 0.3) is 22.2 Å². The van der Waals surface area contributed by atoms with Crippen molar-refractivity contribution in [2.75, 3.05) is 6.54 Å². The van der Waals surface area contributed by atoms with E-state index in [-0.39, 0.29) is 17.4 Å². The number of hydrogen-bond acceptors (Lipinski definition) is 3. The average Bonchev–Trinajstić information content (AvgIpc) is 3.34. The lowest BCUT2D eigenvalue weighted by molar-refractivity contribution is 0.0697. The number of carbonyl (C=O) groups excluding carboxylic acids is 1. The first-order valence-corrected chi connectivity index (χ1v) is 14.1. The fourth-order valence-electron chi connectivity index (χ4n) is 5.30. The topological polar surface area (TPSA) is 84.2 Å². The lowest BCUT2D eigenvalue weighted by Gasteiger charge is -2.14. The lowest BCUT2D eigenvalue weighted by Crippen LogP contribution is -2.27. The summed E-state index contributed by atoms with van der Waals surface area (Å²) in [4.78, 5) is 29.9. The van der Waals surface area contributed by atoms with E-state index >= 15 is 0 Å². The summed E-state index contributed by atoms with van der Waals surface area (Å²) in [7, 11) is 0. The van der Waals surface area contributed by atoms with Gasteiger partial charge in [0.15, 0.2) is 0 Å². The van der Waals surface area contributed by atoms with Gasteiger partial charge in [-0.2, -0.15) is 0 Å². The average molecular weight is 546 g/mol. The fraction of sp³-hybridized carbons (Fsp3) is 0.229. The summed E-state index contributed by atoms with van der Waals surface area (Å²) in [6.07, 6.45) is 1.78. The van der Waals surface area contributed by atoms with Gasteiger partial charge in [-0.1, -0.05) is 86.6 Å². The van der Waals surface area contributed by atoms with E-state index in [4.69, 9.17) is 4.98 Å². The molecule has 208 valence electrons. The first-order valence-electron chi connectivity index (χ1n) is 14.1. The molecule has 0 bridgehead atoms. The summed E-state index contributed by atoms with van der Waals surface area (Å²) in [6.45, 7) is 7.41. The Morgan fingerprint density at radius 3 is 2.37 bits per heavy atom. The van der Waals surface area contributed by atoms with E-state index in [0.717, 1.165) is 46.4 Å². The third-order valence-corrected chi connectivity index (χ3v) is 7.56. The normalized spacial score (nSPS) is 11.9. The molecule has 1 aromatic heterocycles. The minimum Gasteiger partial charge on any atom is -0.478 e. The first kappa shape index (κ1) is 27.8. The Bertz CT molecular complexity index is 1690. The molecule has 0 unspecified atom stereocenters. The minimum atomic E-state index is -0.941. The van der Waals surface area contributed by atoms with Crippen molar-refractivity contribution in [3.8, 4) is 11.1 Å². The quantitative estimate of drug-likeness (QED) is 0.194. The van der Waals surface area contributed by atoms with Crippen molar-refractivity contribution in [3.05, 3.63) is 125 Å². The van der Waals surface area contributed by atoms with Crippen molar-refractivity contribution in [1.82, 2.24) is 14.9 Å². The lowest BCUT2D eigenvalue weighted by atomic mass is 9.98. The Hall–Kier alpha value is -4.71. The first-order chi connectivity index (χ1) is 19.9. The molecule has 1 heterocycles. The number of benzene rings is 4. The number of amides is 1. The van der Waals surface area contributed by atoms with E-state index in [9.17, 15) is 14.7 Å². The van der Waals surface area contributed by atoms with E-state index in [1.165, 1.54) is 5.56 Å². The molecule has 0 aliphatic carbocycles. The van der Waals surface area contributed by atoms with Gasteiger partial charge in [-0.05, 0) is 65.3 Å². The largest absolute Gasteiger partial charge is 0.478 e. The van der Waals surface area contributed by atoms with Gasteiger partial charge in [-0.3, -0.25) is 4.79 Å². The number of nitrogens with one attached hydrogen (secondary N) is 1. The molecular weight excluding hydrogens is 510 g/mol. The van der Waals surface area contributed by atoms with Crippen molar-refractivity contribution in [3.63, 3.8) is 0 Å². The van der Waals surface area contributed by atoms with Crippen LogP contribution in [0.2, 0.25) is 0 Å². The molecule has 4 aromatic carbocycles. The molecule has 1 atom stereocenters. The smallest absolute Gasteiger partial charge is 0.336 e. The highest BCUT2D eigenvalue weighted by Crippen LogP contribution is 2.27. The molecule has 0 radical (unpaired) electrons. The second kappa shape index (κ2) is 12.2. The molecule has 0 fully saturated rings. The molecule has 2 N–H and O–H groups in total. The molecule has 6 nitrogen and oxygen atoms in total. The third kappa shape index (κ3) is 6.07. The zero-order chi connectivity index (χ0) is 28.9. The second-order valence-corrected chi connectivity index (χ2v) is 10.6. The van der Waals surface area contributed by atoms with Gasteiger partial charge in [-0.25, -0.2) is 9.78 Å². The van der Waals surface area contributed by atoms with E-state index in [2.05, 4.69) is 35.9 Å². The van der Waals surface area contributed by atoms with Crippen LogP contribution >= 0.6 is 0 Å². The van der Waals surface area contributed by atoms with E-state index < -0.39 is 5.97 Å². The van der Waals surface area contributed by atoms with Crippen LogP contribution in [0.4, 0.5) is 0 Å². The molecule has 0 saturated carbocycles. The van der Waals surface area contributed by atoms with Crippen LogP contribution in [0.15, 0.2) is 91.0 Å². The predicted octanol–water partition coefficient (Wildman–Crippen LogP) is 7.24. The van der Waals surface area contributed by atoms with E-state index in [1.54, 1.807) is 12.1 Å². The standard InChI is InChI=1S/C35H35N3O3/c1-4-10-32-37-33-23(2)19-28(34(39)36-21-24(3)26-11-6-5-7-12-26)20-31(33)38(32)22-25-15-17-27(18-16-25)29-13-8-9-14-30(29)35(40)41/h5-9,11-20,24H,4,10,21-22H2,1-3H3,(H,36,39)(H,40,41)/t24-/m1/s1. The number of hydrogen-bond donors (Lipinski definition) is 2. The van der Waals surface area contributed by atoms with Gasteiger partial charge < -0.3 is 15.0 Å². The maximum atomic E-state index is 13.2. The van der Waals surface area contributed by atoms with Crippen LogP contribution in [0.5, 0.6) is 0 Å². The summed E-state index contributed by atoms with van der Waals surface area (Å²) in [5.41, 5.74) is 7.55. The van der Waals surface area contributed by atoms with Crippen LogP contribution in [0, 0.1) is 6.92 Å². The molecule has 0 saturated heterocycles. The summed E-state index contributed by atoms with van der Waals surface area (Å²) < 4.78 is 2.20. The van der Waals surface area contributed by atoms with Crippen molar-refractivity contribution >= 4 is 22.9 Å². The summed E-state index contributed by atoms with van der Waals surface area (Å²) >= 11 is 0. The molecule has 0 spiro atoms. The number of carbonyl (C=O) groups is 2. The van der Waals surface area contributed by atoms with Crippen molar-refractivity contribution in [2.24, 2.45) is 0 Å². The van der Waals surface area contributed by atoms with Gasteiger partial charge in [0.2, 0.25) is 0 Å². The van der Waals surface area contributed by atoms with Crippen LogP contribution < -0.4 is 5.32 Å². The molecule has 6 heteroatoms. The molecule has 41 heavy (non-hydrogen) atoms. The van der Waals surface area contributed by atoms with Crippen LogP contribution in [-0.4, -0.2) is 33.1 Å². The maximum absolute atomic E-state index is 13.2. The molecule has 5 aromatic rings. The highest BCUT2D eigenvalue weighted by Gasteiger charge is 2.17. The SMILES string of the molecule is CCCc1nc2c(C)cc(C(=O)NC[C@@H](C)c3ccccc3)cc2n1Cc1ccc(-c2ccccc2C(=O)O)cc1. The Labute approximate surface area is 240 Å². The van der Waals surface area contributed by atoms with Gasteiger partial charge in [0.05, 0.1) is 16.6 Å². The molecular formula is C35H35N3O3. The number of aromatic carboxylic acids is 1. The minimum absolute atomic E-state index is 0.0935. The van der Waals surface area contributed by atoms with Gasteiger partial charge in [0.1, 0.15) is 5.82 Å². The van der Waals surface area contributed by atoms with E-state index in [0.29, 0.717) is 24.2 Å². The van der Waals surface area contributed by atoms with Gasteiger partial charge in [0, 0.05) is 25.1 Å². The van der Waals surface area contributed by atoms with Crippen LogP contribution in [0.3, 0.4) is 0 Å². The van der Waals surface area contributed by atoms with Crippen molar-refractivity contribution < 1.29 is 14.7 Å². The highest BCUT2D eigenvalue weighted by atomic mass is 16.4. The molecule has 1 amide bonds. The van der Waals surface area contributed by atoms with Gasteiger partial charge >= 0.3 is 5.97 Å². The zero-order valence-corrected chi connectivity index (χ0v) is 23.7. The maximum Gasteiger partial charge on any atom is 0.336 e. The summed E-state index contributed by atoms with van der Waals surface area (Å²) in [5, 5.41) is 12.7. The number of nitrogens with zero attached hydrogens (tertiary/aromatic N) is 2. The Kier molecular flexibility index (Phi) is 8.29. The van der Waals surface area contributed by atoms with E-state index in [1.807, 2.05) is 73.7 Å². The van der Waals surface area contributed by atoms with Crippen molar-refractivity contribution in [1.29, 1.82) is 0 Å². The van der Waals surface area contributed by atoms with Crippen LogP contribution in [0.1, 0.15) is 69.4 Å². The number of aryl methyl sites for hydroxylation is 2. The Morgan fingerprint density at radius 1 is 0.951 bits per heavy atom. The number of fused-ring (bicyclic) bond motifs is 1. The number of rotatable bonds is 10. The van der Waals surface area contributed by atoms with Gasteiger partial charge in [-0.15, -0.1) is 0 Å². The summed E-state index contributed by atoms with van der Waals surface area (Å²) in [5.74, 6) is 0.158. The molecule has 0 aliphatic rings. The fourth-order valence-corrected chi connectivity index (χ4v) is 5.30. The predicted molar refractivity (Wildman–Crippen MR) is 164 cm³/mol. The number of carboxylic acids is 1. The monoisotopic (exact) mass is 545 g/mol. The number of carboxylic acid groups (broad SMARTS) is 1. The third-order valence-electron chi connectivity index (χ3n) is 7.56. The zero-order valence-electron chi connectivity index (χ0n) is 23.7. The highest BCUT2D eigenvalue weighted by molar-refractivity contribution is 5.98. The number of aromatic nitrogens is 2. The second-order valence-electron chi connectivity index (χ2n) is 10.6. The summed E-state index contributed by atoms with van der Waals surface area (Å²) in [6, 6.07) is 29.1. The van der Waals surface area contributed by atoms with Crippen molar-refractivity contribution in [2.45, 2.75) is 46.1 Å². The van der Waals surface area contributed by atoms with Crippen LogP contribution in [-0.2, 0) is 13.0 Å². The Balaban J connectivity index is 1.42. The van der Waals surface area contributed by atoms with Gasteiger partial charge in [0.25, 0.3) is 5.91 Å². The Morgan fingerprint density at radius 2 is 1.66 bits per heavy atom. The molecule has 5 rings (SSSR count). The number of imidazole rings is 1.